The van der Waals surface area contributed by atoms with Crippen LogP contribution in [-0.4, -0.2) is 19.8 Å². The molecular formula is C18H18N2OSi. The standard InChI is InChI=1S/C18H18N2OSi/c1-3-8-16(9-4-1)22(17-10-5-2-6-11-17)13-7-12-20(22)18-14-21-15-19-18/h1-6,8-11,14-15H,7,12-13H2. The molecule has 0 spiro atoms. The molecule has 0 atom stereocenters. The number of oxazole rings is 1. The monoisotopic (exact) mass is 306 g/mol. The van der Waals surface area contributed by atoms with E-state index in [-0.39, 0.29) is 0 Å². The van der Waals surface area contributed by atoms with E-state index >= 15 is 0 Å². The Morgan fingerprint density at radius 1 is 0.909 bits per heavy atom. The van der Waals surface area contributed by atoms with Crippen molar-refractivity contribution in [2.45, 2.75) is 12.5 Å². The van der Waals surface area contributed by atoms with Gasteiger partial charge in [-0.3, -0.25) is 0 Å². The van der Waals surface area contributed by atoms with Gasteiger partial charge in [0.05, 0.1) is 0 Å². The second-order valence-electron chi connectivity index (χ2n) is 5.69. The molecule has 0 aliphatic carbocycles. The molecule has 0 radical (unpaired) electrons. The maximum Gasteiger partial charge on any atom is 0.221 e. The van der Waals surface area contributed by atoms with Crippen molar-refractivity contribution >= 4 is 24.4 Å². The van der Waals surface area contributed by atoms with Crippen LogP contribution in [0.2, 0.25) is 6.04 Å². The van der Waals surface area contributed by atoms with E-state index < -0.39 is 8.24 Å². The van der Waals surface area contributed by atoms with Crippen LogP contribution in [0, 0.1) is 0 Å². The van der Waals surface area contributed by atoms with Crippen LogP contribution >= 0.6 is 0 Å². The van der Waals surface area contributed by atoms with Gasteiger partial charge in [0.15, 0.2) is 12.2 Å². The molecule has 4 rings (SSSR count). The van der Waals surface area contributed by atoms with Gasteiger partial charge in [0.2, 0.25) is 8.24 Å². The molecule has 1 aromatic heterocycles. The van der Waals surface area contributed by atoms with Crippen molar-refractivity contribution in [1.29, 1.82) is 0 Å². The molecule has 0 bridgehead atoms. The second-order valence-corrected chi connectivity index (χ2v) is 9.61. The minimum Gasteiger partial charge on any atom is -0.450 e. The molecule has 0 N–H and O–H groups in total. The topological polar surface area (TPSA) is 29.3 Å². The maximum atomic E-state index is 5.26. The van der Waals surface area contributed by atoms with Crippen molar-refractivity contribution in [3.05, 3.63) is 73.3 Å². The summed E-state index contributed by atoms with van der Waals surface area (Å²) in [5, 5.41) is 2.89. The number of hydrogen-bond acceptors (Lipinski definition) is 3. The van der Waals surface area contributed by atoms with Gasteiger partial charge in [-0.15, -0.1) is 0 Å². The van der Waals surface area contributed by atoms with Crippen molar-refractivity contribution < 1.29 is 4.42 Å². The Bertz CT molecular complexity index is 689. The summed E-state index contributed by atoms with van der Waals surface area (Å²) >= 11 is 0. The molecule has 3 nitrogen and oxygen atoms in total. The van der Waals surface area contributed by atoms with E-state index in [2.05, 4.69) is 70.2 Å². The van der Waals surface area contributed by atoms with Crippen molar-refractivity contribution in [3.8, 4) is 0 Å². The van der Waals surface area contributed by atoms with Crippen LogP contribution < -0.4 is 14.9 Å². The summed E-state index contributed by atoms with van der Waals surface area (Å²) in [4.78, 5) is 4.44. The zero-order chi connectivity index (χ0) is 14.8. The average Bonchev–Trinajstić information content (AvgIpc) is 3.26. The Labute approximate surface area is 131 Å². The molecule has 3 aromatic rings. The van der Waals surface area contributed by atoms with Gasteiger partial charge in [-0.25, -0.2) is 4.98 Å². The molecule has 0 saturated carbocycles. The van der Waals surface area contributed by atoms with Gasteiger partial charge >= 0.3 is 0 Å². The third kappa shape index (κ3) is 1.99. The smallest absolute Gasteiger partial charge is 0.221 e. The fourth-order valence-electron chi connectivity index (χ4n) is 3.66. The van der Waals surface area contributed by atoms with Crippen molar-refractivity contribution in [1.82, 2.24) is 4.98 Å². The summed E-state index contributed by atoms with van der Waals surface area (Å²) in [5.74, 6) is 0.969. The maximum absolute atomic E-state index is 5.26. The number of benzene rings is 2. The van der Waals surface area contributed by atoms with Gasteiger partial charge in [0.25, 0.3) is 0 Å². The van der Waals surface area contributed by atoms with Crippen molar-refractivity contribution in [2.75, 3.05) is 11.1 Å². The van der Waals surface area contributed by atoms with E-state index in [9.17, 15) is 0 Å². The molecule has 1 aliphatic heterocycles. The summed E-state index contributed by atoms with van der Waals surface area (Å²) in [6.45, 7) is 1.04. The highest BCUT2D eigenvalue weighted by atomic mass is 28.3. The largest absolute Gasteiger partial charge is 0.450 e. The highest BCUT2D eigenvalue weighted by Crippen LogP contribution is 2.30. The molecular weight excluding hydrogens is 288 g/mol. The van der Waals surface area contributed by atoms with Gasteiger partial charge in [-0.1, -0.05) is 60.7 Å². The highest BCUT2D eigenvalue weighted by Gasteiger charge is 2.48. The average molecular weight is 306 g/mol. The molecule has 2 heterocycles. The molecule has 110 valence electrons. The first-order valence-corrected chi connectivity index (χ1v) is 9.83. The summed E-state index contributed by atoms with van der Waals surface area (Å²) in [5.41, 5.74) is 0. The van der Waals surface area contributed by atoms with Crippen LogP contribution in [0.4, 0.5) is 5.82 Å². The molecule has 2 aromatic carbocycles. The van der Waals surface area contributed by atoms with Crippen LogP contribution in [0.15, 0.2) is 77.7 Å². The lowest BCUT2D eigenvalue weighted by atomic mass is 10.4. The van der Waals surface area contributed by atoms with E-state index in [1.807, 2.05) is 0 Å². The lowest BCUT2D eigenvalue weighted by molar-refractivity contribution is 0.558. The molecule has 22 heavy (non-hydrogen) atoms. The van der Waals surface area contributed by atoms with Crippen LogP contribution in [0.3, 0.4) is 0 Å². The molecule has 0 amide bonds. The lowest BCUT2D eigenvalue weighted by Gasteiger charge is -2.37. The van der Waals surface area contributed by atoms with Crippen LogP contribution in [0.25, 0.3) is 0 Å². The summed E-state index contributed by atoms with van der Waals surface area (Å²) in [7, 11) is -2.01. The molecule has 1 fully saturated rings. The third-order valence-electron chi connectivity index (χ3n) is 4.58. The van der Waals surface area contributed by atoms with E-state index in [0.29, 0.717) is 0 Å². The Morgan fingerprint density at radius 3 is 2.09 bits per heavy atom. The minimum atomic E-state index is -2.01. The first-order chi connectivity index (χ1) is 10.9. The van der Waals surface area contributed by atoms with Crippen LogP contribution in [0.1, 0.15) is 6.42 Å². The third-order valence-corrected chi connectivity index (χ3v) is 9.61. The quantitative estimate of drug-likeness (QED) is 0.697. The van der Waals surface area contributed by atoms with Gasteiger partial charge in [-0.2, -0.15) is 0 Å². The predicted octanol–water partition coefficient (Wildman–Crippen LogP) is 2.64. The molecule has 1 saturated heterocycles. The molecule has 0 unspecified atom stereocenters. The minimum absolute atomic E-state index is 0.969. The first-order valence-electron chi connectivity index (χ1n) is 7.68. The van der Waals surface area contributed by atoms with E-state index in [1.54, 1.807) is 6.26 Å². The van der Waals surface area contributed by atoms with E-state index in [1.165, 1.54) is 29.2 Å². The Kier molecular flexibility index (Phi) is 3.31. The van der Waals surface area contributed by atoms with Gasteiger partial charge in [0.1, 0.15) is 6.26 Å². The van der Waals surface area contributed by atoms with E-state index in [4.69, 9.17) is 4.42 Å². The Morgan fingerprint density at radius 2 is 1.55 bits per heavy atom. The Balaban J connectivity index is 1.93. The fraction of sp³-hybridized carbons (Fsp3) is 0.167. The number of nitrogens with zero attached hydrogens (tertiary/aromatic N) is 2. The lowest BCUT2D eigenvalue weighted by Crippen LogP contribution is -2.67. The number of rotatable bonds is 3. The number of anilines is 1. The normalized spacial score (nSPS) is 16.8. The van der Waals surface area contributed by atoms with Crippen molar-refractivity contribution in [2.24, 2.45) is 0 Å². The van der Waals surface area contributed by atoms with Crippen LogP contribution in [0.5, 0.6) is 0 Å². The molecule has 4 heteroatoms. The van der Waals surface area contributed by atoms with E-state index in [0.717, 1.165) is 12.4 Å². The van der Waals surface area contributed by atoms with Crippen molar-refractivity contribution in [3.63, 3.8) is 0 Å². The Hall–Kier alpha value is -2.33. The fourth-order valence-corrected chi connectivity index (χ4v) is 8.67. The van der Waals surface area contributed by atoms with Gasteiger partial charge < -0.3 is 8.98 Å². The first kappa shape index (κ1) is 13.3. The zero-order valence-electron chi connectivity index (χ0n) is 12.4. The number of aromatic nitrogens is 1. The van der Waals surface area contributed by atoms with Gasteiger partial charge in [0, 0.05) is 6.54 Å². The molecule has 1 aliphatic rings. The summed E-state index contributed by atoms with van der Waals surface area (Å²) in [6.07, 6.45) is 4.50. The predicted molar refractivity (Wildman–Crippen MR) is 91.2 cm³/mol. The van der Waals surface area contributed by atoms with Crippen LogP contribution in [-0.2, 0) is 0 Å². The second kappa shape index (κ2) is 5.46. The summed E-state index contributed by atoms with van der Waals surface area (Å²) in [6, 6.07) is 23.1. The zero-order valence-corrected chi connectivity index (χ0v) is 13.4. The summed E-state index contributed by atoms with van der Waals surface area (Å²) < 4.78 is 7.78. The van der Waals surface area contributed by atoms with Gasteiger partial charge in [-0.05, 0) is 22.8 Å². The highest BCUT2D eigenvalue weighted by molar-refractivity contribution is 7.05. The SMILES string of the molecule is c1ccc([Si]2(c3ccccc3)CCCN2c2cocn2)cc1. The number of hydrogen-bond donors (Lipinski definition) is 0.